The van der Waals surface area contributed by atoms with Gasteiger partial charge in [-0.15, -0.1) is 30.7 Å². The summed E-state index contributed by atoms with van der Waals surface area (Å²) in [7, 11) is -25.3. The predicted molar refractivity (Wildman–Crippen MR) is 250 cm³/mol. The van der Waals surface area contributed by atoms with Crippen LogP contribution < -0.4 is 5.73 Å². The topological polar surface area (TPSA) is 412 Å². The van der Waals surface area contributed by atoms with Gasteiger partial charge in [0.1, 0.15) is 26.9 Å². The molecule has 0 saturated heterocycles. The zero-order chi connectivity index (χ0) is 51.0. The molecule has 8 aromatic carbocycles. The molecule has 0 aromatic heterocycles. The summed E-state index contributed by atoms with van der Waals surface area (Å²) in [6.07, 6.45) is 0. The van der Waals surface area contributed by atoms with Crippen LogP contribution in [0.5, 0.6) is 11.5 Å². The first-order chi connectivity index (χ1) is 32.5. The Hall–Kier alpha value is -7.45. The Kier molecular flexibility index (Phi) is 12.0. The van der Waals surface area contributed by atoms with Gasteiger partial charge in [0.15, 0.2) is 5.75 Å². The van der Waals surface area contributed by atoms with E-state index in [4.69, 9.17) is 5.73 Å². The van der Waals surface area contributed by atoms with Crippen LogP contribution in [0.15, 0.2) is 158 Å². The standard InChI is InChI=1S/C41H29N7O17S5/c1-19-11-21-13-24(68(57,58)59)16-32(37(21)34(49)12-19)46-44-30-9-10-31(27-15-23(67(54,55)56)7-8-25(27)30)45-48-40-36(70(63,64)65)17-28-35(69(60,61)62)18-33(39(42)38(28)41(40)50)47-43-29-4-2-3-20-5-6-22(14-26(20)29)66(51,52)53/h2-18,49-50H,42H2,1H3,(H,51,52,53)(H,54,55,56)(H,57,58,59)(H,60,61,62)(H,63,64,65). The predicted octanol–water partition coefficient (Wildman–Crippen LogP) is 9.08. The fourth-order valence-electron chi connectivity index (χ4n) is 7.35. The van der Waals surface area contributed by atoms with Crippen LogP contribution in [0.25, 0.3) is 43.1 Å². The van der Waals surface area contributed by atoms with Gasteiger partial charge in [-0.25, -0.2) is 0 Å². The van der Waals surface area contributed by atoms with Gasteiger partial charge in [-0.3, -0.25) is 22.8 Å². The van der Waals surface area contributed by atoms with Crippen LogP contribution in [0.3, 0.4) is 0 Å². The van der Waals surface area contributed by atoms with Crippen LogP contribution >= 0.6 is 0 Å². The number of aryl methyl sites for hydroxylation is 1. The largest absolute Gasteiger partial charge is 0.507 e. The maximum Gasteiger partial charge on any atom is 0.296 e. The number of benzene rings is 8. The van der Waals surface area contributed by atoms with Crippen molar-refractivity contribution in [2.24, 2.45) is 30.7 Å². The van der Waals surface area contributed by atoms with Gasteiger partial charge in [0.05, 0.1) is 53.9 Å². The average molecular weight is 1050 g/mol. The molecule has 0 atom stereocenters. The smallest absolute Gasteiger partial charge is 0.296 e. The fraction of sp³-hybridized carbons (Fsp3) is 0.0244. The van der Waals surface area contributed by atoms with E-state index in [-0.39, 0.29) is 55.4 Å². The Bertz CT molecular complexity index is 4320. The average Bonchev–Trinajstić information content (AvgIpc) is 3.25. The van der Waals surface area contributed by atoms with Crippen molar-refractivity contribution in [3.8, 4) is 11.5 Å². The normalized spacial score (nSPS) is 13.3. The minimum absolute atomic E-state index is 0.0157. The molecule has 0 unspecified atom stereocenters. The first-order valence-corrected chi connectivity index (χ1v) is 26.3. The van der Waals surface area contributed by atoms with Crippen LogP contribution in [0.1, 0.15) is 5.56 Å². The van der Waals surface area contributed by atoms with Crippen LogP contribution in [0.2, 0.25) is 0 Å². The second kappa shape index (κ2) is 17.2. The van der Waals surface area contributed by atoms with Crippen LogP contribution in [-0.4, -0.2) is 75.1 Å². The van der Waals surface area contributed by atoms with Gasteiger partial charge in [-0.05, 0) is 96.1 Å². The van der Waals surface area contributed by atoms with E-state index in [9.17, 15) is 75.1 Å². The van der Waals surface area contributed by atoms with Crippen molar-refractivity contribution in [3.63, 3.8) is 0 Å². The van der Waals surface area contributed by atoms with E-state index in [1.54, 1.807) is 13.0 Å². The highest BCUT2D eigenvalue weighted by Crippen LogP contribution is 2.49. The zero-order valence-electron chi connectivity index (χ0n) is 34.8. The minimum Gasteiger partial charge on any atom is -0.507 e. The number of phenols is 2. The summed E-state index contributed by atoms with van der Waals surface area (Å²) < 4.78 is 174. The van der Waals surface area contributed by atoms with Crippen LogP contribution in [0.4, 0.5) is 39.8 Å². The highest BCUT2D eigenvalue weighted by molar-refractivity contribution is 7.87. The maximum atomic E-state index is 12.9. The molecule has 0 saturated carbocycles. The summed E-state index contributed by atoms with van der Waals surface area (Å²) >= 11 is 0. The monoisotopic (exact) mass is 1050 g/mol. The second-order valence-electron chi connectivity index (χ2n) is 15.1. The molecule has 0 aliphatic rings. The molecule has 29 heteroatoms. The van der Waals surface area contributed by atoms with Crippen molar-refractivity contribution in [1.29, 1.82) is 0 Å². The molecule has 0 bridgehead atoms. The molecule has 24 nitrogen and oxygen atoms in total. The number of aromatic hydroxyl groups is 2. The first-order valence-electron chi connectivity index (χ1n) is 19.1. The summed E-state index contributed by atoms with van der Waals surface area (Å²) in [6, 6.07) is 19.3. The molecule has 0 radical (unpaired) electrons. The van der Waals surface area contributed by atoms with Gasteiger partial charge in [-0.1, -0.05) is 30.3 Å². The van der Waals surface area contributed by atoms with Gasteiger partial charge in [0, 0.05) is 21.5 Å². The third-order valence-corrected chi connectivity index (χ3v) is 14.7. The van der Waals surface area contributed by atoms with E-state index in [0.717, 1.165) is 48.5 Å². The Labute approximate surface area is 394 Å². The summed E-state index contributed by atoms with van der Waals surface area (Å²) in [5.41, 5.74) is 3.82. The number of nitrogen functional groups attached to an aromatic ring is 1. The van der Waals surface area contributed by atoms with Gasteiger partial charge in [0.2, 0.25) is 0 Å². The van der Waals surface area contributed by atoms with E-state index in [0.29, 0.717) is 23.1 Å². The number of fused-ring (bicyclic) bond motifs is 4. The summed E-state index contributed by atoms with van der Waals surface area (Å²) in [6.45, 7) is 1.61. The van der Waals surface area contributed by atoms with Crippen molar-refractivity contribution in [1.82, 2.24) is 0 Å². The number of phenolic OH excluding ortho intramolecular Hbond substituents is 2. The molecule has 8 aromatic rings. The summed E-state index contributed by atoms with van der Waals surface area (Å²) in [5, 5.41) is 45.5. The second-order valence-corrected chi connectivity index (χ2v) is 22.1. The zero-order valence-corrected chi connectivity index (χ0v) is 38.9. The van der Waals surface area contributed by atoms with Crippen molar-refractivity contribution < 1.29 is 75.1 Å². The highest BCUT2D eigenvalue weighted by atomic mass is 32.2. The summed E-state index contributed by atoms with van der Waals surface area (Å²) in [5.74, 6) is -1.61. The van der Waals surface area contributed by atoms with E-state index in [2.05, 4.69) is 30.7 Å². The lowest BCUT2D eigenvalue weighted by Crippen LogP contribution is -2.04. The third kappa shape index (κ3) is 9.47. The van der Waals surface area contributed by atoms with E-state index < -0.39 is 109 Å². The first kappa shape index (κ1) is 49.0. The van der Waals surface area contributed by atoms with Gasteiger partial charge >= 0.3 is 0 Å². The van der Waals surface area contributed by atoms with E-state index in [1.165, 1.54) is 36.4 Å². The molecule has 9 N–H and O–H groups in total. The number of anilines is 1. The lowest BCUT2D eigenvalue weighted by Gasteiger charge is -2.14. The number of rotatable bonds is 11. The van der Waals surface area contributed by atoms with Gasteiger partial charge < -0.3 is 15.9 Å². The number of azo groups is 3. The molecule has 0 fully saturated rings. The molecular formula is C41H29N7O17S5. The molecule has 0 aliphatic carbocycles. The van der Waals surface area contributed by atoms with Gasteiger partial charge in [0.25, 0.3) is 50.6 Å². The molecule has 8 rings (SSSR count). The van der Waals surface area contributed by atoms with Crippen LogP contribution in [-0.2, 0) is 50.6 Å². The number of hydrogen-bond acceptors (Lipinski definition) is 19. The number of hydrogen-bond donors (Lipinski definition) is 8. The number of nitrogens with zero attached hydrogens (tertiary/aromatic N) is 6. The molecule has 360 valence electrons. The van der Waals surface area contributed by atoms with E-state index >= 15 is 0 Å². The van der Waals surface area contributed by atoms with Crippen molar-refractivity contribution in [2.75, 3.05) is 5.73 Å². The molecular weight excluding hydrogens is 1020 g/mol. The molecule has 70 heavy (non-hydrogen) atoms. The Morgan fingerprint density at radius 2 is 0.957 bits per heavy atom. The summed E-state index contributed by atoms with van der Waals surface area (Å²) in [4.78, 5) is -4.23. The van der Waals surface area contributed by atoms with Crippen molar-refractivity contribution in [2.45, 2.75) is 31.4 Å². The Morgan fingerprint density at radius 3 is 1.57 bits per heavy atom. The quantitative estimate of drug-likeness (QED) is 0.0340. The van der Waals surface area contributed by atoms with Crippen molar-refractivity contribution >= 4 is 133 Å². The molecule has 0 spiro atoms. The highest BCUT2D eigenvalue weighted by Gasteiger charge is 2.29. The SMILES string of the molecule is Cc1cc(O)c2c(N=Nc3ccc(N=Nc4c(S(=O)(=O)O)cc5c(S(=O)(=O)O)cc(N=Nc6cccc7ccc(S(=O)(=O)O)cc67)c(N)c5c4O)c4cc(S(=O)(=O)O)ccc34)cc(S(=O)(=O)O)cc2c1. The van der Waals surface area contributed by atoms with E-state index in [1.807, 2.05) is 0 Å². The fourth-order valence-corrected chi connectivity index (χ4v) is 10.2. The molecule has 0 aliphatic heterocycles. The van der Waals surface area contributed by atoms with Crippen LogP contribution in [0, 0.1) is 6.92 Å². The molecule has 0 amide bonds. The third-order valence-electron chi connectivity index (χ3n) is 10.5. The molecule has 0 heterocycles. The Morgan fingerprint density at radius 1 is 0.414 bits per heavy atom. The van der Waals surface area contributed by atoms with Gasteiger partial charge in [-0.2, -0.15) is 42.1 Å². The Balaban J connectivity index is 1.31. The minimum atomic E-state index is -5.51. The maximum absolute atomic E-state index is 12.9. The van der Waals surface area contributed by atoms with Crippen molar-refractivity contribution in [3.05, 3.63) is 109 Å². The number of nitrogens with two attached hydrogens (primary N) is 1. The lowest BCUT2D eigenvalue weighted by atomic mass is 10.0. The lowest BCUT2D eigenvalue weighted by molar-refractivity contribution is 0.471.